The summed E-state index contributed by atoms with van der Waals surface area (Å²) in [6.45, 7) is 14.1. The number of hydrogen-bond donors (Lipinski definition) is 3. The van der Waals surface area contributed by atoms with Crippen LogP contribution < -0.4 is 0 Å². The summed E-state index contributed by atoms with van der Waals surface area (Å²) in [4.78, 5) is 72.7. The topological polar surface area (TPSA) is 237 Å². The Labute approximate surface area is 575 Å². The molecule has 0 saturated carbocycles. The second-order valence-corrected chi connectivity index (χ2v) is 31.9. The van der Waals surface area contributed by atoms with Crippen LogP contribution in [0.15, 0.2) is 0 Å². The molecule has 0 aromatic carbocycles. The molecule has 0 spiro atoms. The van der Waals surface area contributed by atoms with E-state index in [2.05, 4.69) is 55.4 Å². The third-order valence-electron chi connectivity index (χ3n) is 17.3. The summed E-state index contributed by atoms with van der Waals surface area (Å²) in [5, 5.41) is 10.6. The Hall–Kier alpha value is -1.94. The normalized spacial score (nSPS) is 14.2. The number of rotatable bonds is 72. The molecule has 19 heteroatoms. The van der Waals surface area contributed by atoms with Crippen LogP contribution in [0.5, 0.6) is 0 Å². The van der Waals surface area contributed by atoms with Gasteiger partial charge in [-0.05, 0) is 49.4 Å². The van der Waals surface area contributed by atoms with Crippen molar-refractivity contribution in [1.82, 2.24) is 0 Å². The SMILES string of the molecule is CC(C)CCCCCCCCCCCCCCCCCCC(=O)O[C@H](COC(=O)CCCCCCCCC(C)C)COP(=O)(O)OCC(O)COP(=O)(O)OC[C@@H](COC(=O)CCCCCCCCCCCCCCCC(C)C)OC(=O)CCCCCCCCCC(C)C. The van der Waals surface area contributed by atoms with Gasteiger partial charge in [-0.3, -0.25) is 37.3 Å². The quantitative estimate of drug-likeness (QED) is 0.0222. The van der Waals surface area contributed by atoms with Gasteiger partial charge in [0.05, 0.1) is 26.4 Å². The third-order valence-corrected chi connectivity index (χ3v) is 19.2. The molecule has 0 aliphatic rings. The van der Waals surface area contributed by atoms with Crippen molar-refractivity contribution < 1.29 is 80.2 Å². The van der Waals surface area contributed by atoms with Crippen molar-refractivity contribution in [3.63, 3.8) is 0 Å². The fraction of sp³-hybridized carbons (Fsp3) is 0.947. The zero-order chi connectivity index (χ0) is 69.6. The van der Waals surface area contributed by atoms with E-state index in [-0.39, 0.29) is 25.7 Å². The molecule has 0 aliphatic heterocycles. The van der Waals surface area contributed by atoms with Crippen molar-refractivity contribution in [2.24, 2.45) is 23.7 Å². The van der Waals surface area contributed by atoms with E-state index in [0.29, 0.717) is 37.5 Å². The number of ether oxygens (including phenoxy) is 4. The van der Waals surface area contributed by atoms with E-state index >= 15 is 0 Å². The van der Waals surface area contributed by atoms with Crippen LogP contribution in [0, 0.1) is 23.7 Å². The van der Waals surface area contributed by atoms with Crippen molar-refractivity contribution in [2.75, 3.05) is 39.6 Å². The number of hydrogen-bond acceptors (Lipinski definition) is 15. The number of aliphatic hydroxyl groups excluding tert-OH is 1. The molecular formula is C75H146O17P2. The summed E-state index contributed by atoms with van der Waals surface area (Å²) < 4.78 is 68.4. The van der Waals surface area contributed by atoms with Gasteiger partial charge in [0, 0.05) is 25.7 Å². The minimum absolute atomic E-state index is 0.103. The Morgan fingerprint density at radius 2 is 0.447 bits per heavy atom. The molecule has 0 fully saturated rings. The van der Waals surface area contributed by atoms with E-state index in [1.807, 2.05) is 0 Å². The van der Waals surface area contributed by atoms with Gasteiger partial charge in [-0.25, -0.2) is 9.13 Å². The van der Waals surface area contributed by atoms with Crippen LogP contribution in [-0.4, -0.2) is 96.7 Å². The average Bonchev–Trinajstić information content (AvgIpc) is 1.67. The molecule has 0 aliphatic carbocycles. The minimum Gasteiger partial charge on any atom is -0.462 e. The largest absolute Gasteiger partial charge is 0.472 e. The van der Waals surface area contributed by atoms with Crippen LogP contribution in [0.1, 0.15) is 376 Å². The van der Waals surface area contributed by atoms with Crippen LogP contribution in [0.4, 0.5) is 0 Å². The predicted octanol–water partition coefficient (Wildman–Crippen LogP) is 21.7. The van der Waals surface area contributed by atoms with Crippen LogP contribution in [0.3, 0.4) is 0 Å². The second-order valence-electron chi connectivity index (χ2n) is 28.9. The highest BCUT2D eigenvalue weighted by Gasteiger charge is 2.30. The molecular weight excluding hydrogens is 1230 g/mol. The van der Waals surface area contributed by atoms with Gasteiger partial charge in [-0.1, -0.05) is 325 Å². The Bertz CT molecular complexity index is 1850. The molecule has 558 valence electrons. The lowest BCUT2D eigenvalue weighted by Crippen LogP contribution is -2.30. The van der Waals surface area contributed by atoms with Gasteiger partial charge in [-0.2, -0.15) is 0 Å². The van der Waals surface area contributed by atoms with E-state index < -0.39 is 97.5 Å². The molecule has 5 atom stereocenters. The molecule has 0 radical (unpaired) electrons. The standard InChI is InChI=1S/C75H146O17P2/c1-65(2)51-43-35-27-22-18-14-11-9-10-12-16-21-25-31-41-49-57-74(79)91-71(62-86-73(78)56-48-40-34-33-38-46-54-68(7)8)64-90-94(83,84)88-60-69(76)59-87-93(81,82)89-63-70(92-75(80)58-50-42-32-26-29-37-45-53-67(5)6)61-85-72(77)55-47-39-30-24-20-17-13-15-19-23-28-36-44-52-66(3)4/h65-71,76H,9-64H2,1-8H3,(H,81,82)(H,83,84)/t69?,70-,71-/m1/s1. The van der Waals surface area contributed by atoms with Crippen molar-refractivity contribution in [2.45, 2.75) is 395 Å². The van der Waals surface area contributed by atoms with Crippen molar-refractivity contribution in [3.8, 4) is 0 Å². The van der Waals surface area contributed by atoms with Crippen molar-refractivity contribution in [3.05, 3.63) is 0 Å². The Balaban J connectivity index is 5.17. The summed E-state index contributed by atoms with van der Waals surface area (Å²) in [7, 11) is -9.91. The van der Waals surface area contributed by atoms with E-state index in [9.17, 15) is 43.2 Å². The maximum atomic E-state index is 13.0. The van der Waals surface area contributed by atoms with Gasteiger partial charge in [0.1, 0.15) is 19.3 Å². The maximum Gasteiger partial charge on any atom is 0.472 e. The first kappa shape index (κ1) is 92.1. The molecule has 0 aromatic rings. The van der Waals surface area contributed by atoms with Crippen LogP contribution >= 0.6 is 15.6 Å². The molecule has 0 heterocycles. The zero-order valence-corrected chi connectivity index (χ0v) is 63.4. The van der Waals surface area contributed by atoms with Crippen LogP contribution in [-0.2, 0) is 65.4 Å². The van der Waals surface area contributed by atoms with E-state index in [0.717, 1.165) is 108 Å². The zero-order valence-electron chi connectivity index (χ0n) is 61.6. The summed E-state index contributed by atoms with van der Waals surface area (Å²) in [5.41, 5.74) is 0. The summed E-state index contributed by atoms with van der Waals surface area (Å²) >= 11 is 0. The average molecular weight is 1380 g/mol. The Morgan fingerprint density at radius 3 is 0.660 bits per heavy atom. The Morgan fingerprint density at radius 1 is 0.266 bits per heavy atom. The van der Waals surface area contributed by atoms with Gasteiger partial charge >= 0.3 is 39.5 Å². The van der Waals surface area contributed by atoms with Gasteiger partial charge in [-0.15, -0.1) is 0 Å². The number of carbonyl (C=O) groups excluding carboxylic acids is 4. The van der Waals surface area contributed by atoms with E-state index in [4.69, 9.17) is 37.0 Å². The maximum absolute atomic E-state index is 13.0. The molecule has 3 unspecified atom stereocenters. The third kappa shape index (κ3) is 68.6. The van der Waals surface area contributed by atoms with Gasteiger partial charge in [0.25, 0.3) is 0 Å². The minimum atomic E-state index is -4.95. The number of unbranched alkanes of at least 4 members (excludes halogenated alkanes) is 38. The van der Waals surface area contributed by atoms with Gasteiger partial charge in [0.2, 0.25) is 0 Å². The van der Waals surface area contributed by atoms with E-state index in [1.165, 1.54) is 173 Å². The molecule has 17 nitrogen and oxygen atoms in total. The van der Waals surface area contributed by atoms with E-state index in [1.54, 1.807) is 0 Å². The molecule has 0 rings (SSSR count). The fourth-order valence-corrected chi connectivity index (χ4v) is 13.0. The lowest BCUT2D eigenvalue weighted by Gasteiger charge is -2.21. The number of carbonyl (C=O) groups is 4. The molecule has 0 aromatic heterocycles. The number of aliphatic hydroxyl groups is 1. The first-order valence-corrected chi connectivity index (χ1v) is 41.7. The molecule has 0 amide bonds. The predicted molar refractivity (Wildman–Crippen MR) is 381 cm³/mol. The summed E-state index contributed by atoms with van der Waals surface area (Å²) in [6, 6.07) is 0. The number of phosphoric acid groups is 2. The molecule has 3 N–H and O–H groups in total. The molecule has 0 saturated heterocycles. The van der Waals surface area contributed by atoms with Crippen LogP contribution in [0.25, 0.3) is 0 Å². The van der Waals surface area contributed by atoms with Crippen molar-refractivity contribution in [1.29, 1.82) is 0 Å². The summed E-state index contributed by atoms with van der Waals surface area (Å²) in [6.07, 6.45) is 48.9. The second kappa shape index (κ2) is 64.4. The van der Waals surface area contributed by atoms with Crippen LogP contribution in [0.2, 0.25) is 0 Å². The first-order valence-electron chi connectivity index (χ1n) is 38.7. The van der Waals surface area contributed by atoms with Crippen molar-refractivity contribution >= 4 is 39.5 Å². The highest BCUT2D eigenvalue weighted by Crippen LogP contribution is 2.45. The van der Waals surface area contributed by atoms with Gasteiger partial charge in [0.15, 0.2) is 12.2 Å². The summed E-state index contributed by atoms with van der Waals surface area (Å²) in [5.74, 6) is 0.849. The number of phosphoric ester groups is 2. The monoisotopic (exact) mass is 1380 g/mol. The number of esters is 4. The molecule has 0 bridgehead atoms. The fourth-order valence-electron chi connectivity index (χ4n) is 11.4. The highest BCUT2D eigenvalue weighted by molar-refractivity contribution is 7.47. The lowest BCUT2D eigenvalue weighted by molar-refractivity contribution is -0.161. The smallest absolute Gasteiger partial charge is 0.462 e. The first-order chi connectivity index (χ1) is 45.1. The lowest BCUT2D eigenvalue weighted by atomic mass is 10.0. The van der Waals surface area contributed by atoms with Gasteiger partial charge < -0.3 is 33.8 Å². The molecule has 94 heavy (non-hydrogen) atoms. The highest BCUT2D eigenvalue weighted by atomic mass is 31.2. The Kier molecular flexibility index (Phi) is 63.1.